The summed E-state index contributed by atoms with van der Waals surface area (Å²) < 4.78 is 13.8. The molecule has 8 nitrogen and oxygen atoms in total. The zero-order chi connectivity index (χ0) is 28.2. The lowest BCUT2D eigenvalue weighted by Crippen LogP contribution is -2.44. The summed E-state index contributed by atoms with van der Waals surface area (Å²) in [6, 6.07) is 21.6. The van der Waals surface area contributed by atoms with Crippen LogP contribution in [0.4, 0.5) is 5.69 Å². The van der Waals surface area contributed by atoms with E-state index in [1.165, 1.54) is 22.5 Å². The summed E-state index contributed by atoms with van der Waals surface area (Å²) in [7, 11) is 7.38. The van der Waals surface area contributed by atoms with Crippen LogP contribution in [0.3, 0.4) is 0 Å². The molecule has 39 heavy (non-hydrogen) atoms. The molecule has 1 aliphatic heterocycles. The van der Waals surface area contributed by atoms with Crippen molar-refractivity contribution >= 4 is 41.5 Å². The van der Waals surface area contributed by atoms with Crippen LogP contribution in [-0.2, 0) is 11.2 Å². The predicted molar refractivity (Wildman–Crippen MR) is 163 cm³/mol. The van der Waals surface area contributed by atoms with Crippen LogP contribution in [-0.4, -0.2) is 65.0 Å². The Morgan fingerprint density at radius 1 is 1.18 bits per heavy atom. The van der Waals surface area contributed by atoms with Gasteiger partial charge in [0.2, 0.25) is 0 Å². The largest absolute Gasteiger partial charge is 0.497 e. The molecule has 0 saturated carbocycles. The topological polar surface area (TPSA) is 113 Å². The molecule has 2 unspecified atom stereocenters. The average Bonchev–Trinajstić information content (AvgIpc) is 3.29. The summed E-state index contributed by atoms with van der Waals surface area (Å²) in [4.78, 5) is 15.6. The van der Waals surface area contributed by atoms with E-state index in [0.717, 1.165) is 47.6 Å². The van der Waals surface area contributed by atoms with Crippen LogP contribution in [0.1, 0.15) is 21.5 Å². The van der Waals surface area contributed by atoms with E-state index in [1.54, 1.807) is 32.0 Å². The molecule has 0 radical (unpaired) electrons. The zero-order valence-corrected chi connectivity index (χ0v) is 24.4. The highest BCUT2D eigenvalue weighted by Crippen LogP contribution is 2.46. The molecule has 0 bridgehead atoms. The summed E-state index contributed by atoms with van der Waals surface area (Å²) >= 11 is 3.32. The number of aldehydes is 1. The van der Waals surface area contributed by atoms with Gasteiger partial charge < -0.3 is 25.4 Å². The SMILES string of the molecule is CNCCOC.COc1ccc2c(c1)SC(C(Cc1cccc(C(=N)N)c1)NSc1cccc(C=O)c1)N2C. The molecule has 3 aromatic carbocycles. The van der Waals surface area contributed by atoms with Gasteiger partial charge in [-0.15, -0.1) is 0 Å². The highest BCUT2D eigenvalue weighted by atomic mass is 32.2. The summed E-state index contributed by atoms with van der Waals surface area (Å²) in [5.74, 6) is 0.905. The third kappa shape index (κ3) is 8.74. The quantitative estimate of drug-likeness (QED) is 0.0831. The number of hydrogen-bond acceptors (Lipinski definition) is 9. The van der Waals surface area contributed by atoms with E-state index in [2.05, 4.69) is 40.2 Å². The van der Waals surface area contributed by atoms with Gasteiger partial charge in [0.1, 0.15) is 17.9 Å². The number of carbonyl (C=O) groups is 1. The van der Waals surface area contributed by atoms with Crippen molar-refractivity contribution in [1.29, 1.82) is 5.41 Å². The van der Waals surface area contributed by atoms with Crippen LogP contribution in [0, 0.1) is 5.41 Å². The van der Waals surface area contributed by atoms with Crippen molar-refractivity contribution in [2.45, 2.75) is 27.6 Å². The van der Waals surface area contributed by atoms with Gasteiger partial charge in [-0.1, -0.05) is 42.1 Å². The number of nitrogens with zero attached hydrogens (tertiary/aromatic N) is 1. The van der Waals surface area contributed by atoms with E-state index in [4.69, 9.17) is 20.6 Å². The fourth-order valence-electron chi connectivity index (χ4n) is 4.03. The average molecular weight is 568 g/mol. The van der Waals surface area contributed by atoms with Crippen LogP contribution >= 0.6 is 23.7 Å². The third-order valence-electron chi connectivity index (χ3n) is 6.09. The first kappa shape index (κ1) is 30.5. The Morgan fingerprint density at radius 3 is 2.64 bits per heavy atom. The lowest BCUT2D eigenvalue weighted by Gasteiger charge is -2.30. The molecule has 208 valence electrons. The van der Waals surface area contributed by atoms with Crippen LogP contribution in [0.2, 0.25) is 0 Å². The second kappa shape index (κ2) is 15.5. The van der Waals surface area contributed by atoms with Gasteiger partial charge in [-0.25, -0.2) is 0 Å². The molecule has 1 aliphatic rings. The van der Waals surface area contributed by atoms with Gasteiger partial charge in [-0.2, -0.15) is 0 Å². The maximum absolute atomic E-state index is 11.2. The summed E-state index contributed by atoms with van der Waals surface area (Å²) in [5.41, 5.74) is 9.36. The molecular formula is C29H37N5O3S2. The Labute approximate surface area is 239 Å². The number of hydrogen-bond donors (Lipinski definition) is 4. The minimum absolute atomic E-state index is 0.0606. The monoisotopic (exact) mass is 567 g/mol. The number of methoxy groups -OCH3 is 2. The Bertz CT molecular complexity index is 1240. The van der Waals surface area contributed by atoms with E-state index >= 15 is 0 Å². The predicted octanol–water partition coefficient (Wildman–Crippen LogP) is 4.42. The number of nitrogens with two attached hydrogens (primary N) is 1. The highest BCUT2D eigenvalue weighted by Gasteiger charge is 2.34. The van der Waals surface area contributed by atoms with Crippen LogP contribution < -0.4 is 25.4 Å². The van der Waals surface area contributed by atoms with Crippen molar-refractivity contribution in [3.63, 3.8) is 0 Å². The minimum Gasteiger partial charge on any atom is -0.497 e. The van der Waals surface area contributed by atoms with Gasteiger partial charge >= 0.3 is 0 Å². The number of nitrogens with one attached hydrogen (secondary N) is 3. The molecule has 0 aliphatic carbocycles. The number of likely N-dealkylation sites (N-methyl/N-ethyl adjacent to an activating group) is 2. The molecule has 5 N–H and O–H groups in total. The Morgan fingerprint density at radius 2 is 1.97 bits per heavy atom. The molecule has 0 fully saturated rings. The number of amidine groups is 1. The van der Waals surface area contributed by atoms with Crippen molar-refractivity contribution in [3.8, 4) is 5.75 Å². The molecule has 4 rings (SSSR count). The lowest BCUT2D eigenvalue weighted by atomic mass is 10.0. The second-order valence-electron chi connectivity index (χ2n) is 8.88. The van der Waals surface area contributed by atoms with Crippen LogP contribution in [0.15, 0.2) is 76.5 Å². The van der Waals surface area contributed by atoms with Crippen LogP contribution in [0.5, 0.6) is 5.75 Å². The van der Waals surface area contributed by atoms with Gasteiger partial charge in [-0.3, -0.25) is 14.9 Å². The number of benzene rings is 3. The van der Waals surface area contributed by atoms with Gasteiger partial charge in [0.15, 0.2) is 0 Å². The fourth-order valence-corrected chi connectivity index (χ4v) is 6.33. The van der Waals surface area contributed by atoms with E-state index in [1.807, 2.05) is 49.5 Å². The first-order valence-electron chi connectivity index (χ1n) is 12.5. The fraction of sp³-hybridized carbons (Fsp3) is 0.310. The molecular weight excluding hydrogens is 530 g/mol. The zero-order valence-electron chi connectivity index (χ0n) is 22.8. The van der Waals surface area contributed by atoms with Crippen molar-refractivity contribution in [2.24, 2.45) is 5.73 Å². The van der Waals surface area contributed by atoms with Crippen molar-refractivity contribution in [3.05, 3.63) is 83.4 Å². The molecule has 3 aromatic rings. The number of rotatable bonds is 12. The van der Waals surface area contributed by atoms with Crippen molar-refractivity contribution in [1.82, 2.24) is 10.0 Å². The maximum Gasteiger partial charge on any atom is 0.150 e. The molecule has 0 spiro atoms. The van der Waals surface area contributed by atoms with E-state index in [0.29, 0.717) is 5.56 Å². The van der Waals surface area contributed by atoms with E-state index in [9.17, 15) is 4.79 Å². The van der Waals surface area contributed by atoms with Crippen molar-refractivity contribution < 1.29 is 14.3 Å². The Balaban J connectivity index is 0.000000631. The van der Waals surface area contributed by atoms with Gasteiger partial charge in [-0.05, 0) is 67.4 Å². The molecule has 10 heteroatoms. The maximum atomic E-state index is 11.2. The molecule has 1 heterocycles. The number of anilines is 1. The number of nitrogen functional groups attached to an aromatic ring is 1. The van der Waals surface area contributed by atoms with Crippen molar-refractivity contribution in [2.75, 3.05) is 46.4 Å². The second-order valence-corrected chi connectivity index (χ2v) is 11.0. The number of fused-ring (bicyclic) bond motifs is 1. The summed E-state index contributed by atoms with van der Waals surface area (Å²) in [6.07, 6.45) is 1.61. The highest BCUT2D eigenvalue weighted by molar-refractivity contribution is 8.00. The standard InChI is InChI=1S/C25H26N4O2S2.C4H11NO/c1-29-22-10-9-19(31-2)14-23(22)32-25(29)21(13-16-5-3-7-18(11-16)24(26)27)28-33-20-8-4-6-17(12-20)15-30;1-5-3-4-6-2/h3-12,14-15,21,25,28H,13H2,1-2H3,(H3,26,27);5H,3-4H2,1-2H3. The Hall–Kier alpha value is -3.02. The smallest absolute Gasteiger partial charge is 0.150 e. The number of ether oxygens (including phenoxy) is 2. The normalized spacial score (nSPS) is 14.7. The molecule has 2 atom stereocenters. The van der Waals surface area contributed by atoms with E-state index < -0.39 is 0 Å². The lowest BCUT2D eigenvalue weighted by molar-refractivity contribution is 0.112. The first-order chi connectivity index (χ1) is 18.9. The van der Waals surface area contributed by atoms with Gasteiger partial charge in [0, 0.05) is 41.6 Å². The summed E-state index contributed by atoms with van der Waals surface area (Å²) in [6.45, 7) is 1.74. The summed E-state index contributed by atoms with van der Waals surface area (Å²) in [5, 5.41) is 10.9. The minimum atomic E-state index is 0.0606. The van der Waals surface area contributed by atoms with Gasteiger partial charge in [0.05, 0.1) is 30.8 Å². The molecule has 0 aromatic heterocycles. The molecule has 0 saturated heterocycles. The molecule has 0 amide bonds. The number of carbonyl (C=O) groups excluding carboxylic acids is 1. The number of thioether (sulfide) groups is 1. The first-order valence-corrected chi connectivity index (χ1v) is 14.2. The third-order valence-corrected chi connectivity index (χ3v) is 8.47. The van der Waals surface area contributed by atoms with Crippen LogP contribution in [0.25, 0.3) is 0 Å². The Kier molecular flexibility index (Phi) is 12.2. The van der Waals surface area contributed by atoms with E-state index in [-0.39, 0.29) is 17.3 Å². The van der Waals surface area contributed by atoms with Gasteiger partial charge in [0.25, 0.3) is 0 Å².